The highest BCUT2D eigenvalue weighted by Gasteiger charge is 2.19. The molecule has 2 amide bonds. The van der Waals surface area contributed by atoms with Crippen LogP contribution in [-0.4, -0.2) is 29.1 Å². The van der Waals surface area contributed by atoms with Crippen molar-refractivity contribution in [1.29, 1.82) is 0 Å². The summed E-state index contributed by atoms with van der Waals surface area (Å²) in [6.07, 6.45) is 5.78. The summed E-state index contributed by atoms with van der Waals surface area (Å²) in [6.45, 7) is 2.00. The molecule has 2 heterocycles. The largest absolute Gasteiger partial charge is 0.355 e. The van der Waals surface area contributed by atoms with Gasteiger partial charge in [0.15, 0.2) is 5.82 Å². The van der Waals surface area contributed by atoms with E-state index in [-0.39, 0.29) is 6.03 Å². The molecule has 4 rings (SSSR count). The lowest BCUT2D eigenvalue weighted by atomic mass is 10.1. The van der Waals surface area contributed by atoms with Gasteiger partial charge in [-0.1, -0.05) is 34.1 Å². The van der Waals surface area contributed by atoms with Crippen LogP contribution in [0, 0.1) is 0 Å². The van der Waals surface area contributed by atoms with E-state index in [1.54, 1.807) is 12.4 Å². The number of rotatable bonds is 4. The third-order valence-electron chi connectivity index (χ3n) is 4.56. The van der Waals surface area contributed by atoms with Crippen LogP contribution in [0.2, 0.25) is 0 Å². The predicted molar refractivity (Wildman–Crippen MR) is 116 cm³/mol. The van der Waals surface area contributed by atoms with Crippen molar-refractivity contribution in [1.82, 2.24) is 9.97 Å². The third kappa shape index (κ3) is 4.31. The number of carbonyl (C=O) groups excluding carboxylic acids is 1. The van der Waals surface area contributed by atoms with Crippen molar-refractivity contribution in [2.75, 3.05) is 28.6 Å². The van der Waals surface area contributed by atoms with E-state index < -0.39 is 0 Å². The Morgan fingerprint density at radius 2 is 1.61 bits per heavy atom. The number of amides is 2. The van der Waals surface area contributed by atoms with Gasteiger partial charge in [0.05, 0.1) is 0 Å². The Morgan fingerprint density at radius 1 is 0.929 bits per heavy atom. The van der Waals surface area contributed by atoms with E-state index in [9.17, 15) is 4.79 Å². The fourth-order valence-electron chi connectivity index (χ4n) is 3.30. The van der Waals surface area contributed by atoms with Crippen molar-refractivity contribution in [3.63, 3.8) is 0 Å². The SMILES string of the molecule is O=C(Nc1cccc(Br)c1)Nc1cccc(-c2nccnc2N2CCCC2)c1. The van der Waals surface area contributed by atoms with E-state index >= 15 is 0 Å². The maximum Gasteiger partial charge on any atom is 0.323 e. The van der Waals surface area contributed by atoms with Gasteiger partial charge in [-0.15, -0.1) is 0 Å². The maximum atomic E-state index is 12.3. The Morgan fingerprint density at radius 3 is 2.36 bits per heavy atom. The molecule has 7 heteroatoms. The Balaban J connectivity index is 1.53. The molecule has 1 aliphatic heterocycles. The van der Waals surface area contributed by atoms with E-state index in [2.05, 4.69) is 41.4 Å². The average Bonchev–Trinajstić information content (AvgIpc) is 3.23. The second-order valence-electron chi connectivity index (χ2n) is 6.59. The zero-order chi connectivity index (χ0) is 19.3. The molecule has 6 nitrogen and oxygen atoms in total. The highest BCUT2D eigenvalue weighted by Crippen LogP contribution is 2.30. The number of urea groups is 1. The molecule has 0 radical (unpaired) electrons. The standard InChI is InChI=1S/C21H20BrN5O/c22-16-6-4-8-18(14-16)26-21(28)25-17-7-3-5-15(13-17)19-20(24-10-9-23-19)27-11-1-2-12-27/h3-10,13-14H,1-2,11-12H2,(H2,25,26,28). The topological polar surface area (TPSA) is 70.1 Å². The summed E-state index contributed by atoms with van der Waals surface area (Å²) in [7, 11) is 0. The van der Waals surface area contributed by atoms with Crippen molar-refractivity contribution in [3.8, 4) is 11.3 Å². The van der Waals surface area contributed by atoms with Crippen LogP contribution in [0.4, 0.5) is 22.0 Å². The normalized spacial score (nSPS) is 13.4. The highest BCUT2D eigenvalue weighted by molar-refractivity contribution is 9.10. The molecule has 1 aliphatic rings. The first kappa shape index (κ1) is 18.4. The minimum atomic E-state index is -0.297. The molecule has 2 aromatic carbocycles. The molecule has 2 N–H and O–H groups in total. The maximum absolute atomic E-state index is 12.3. The highest BCUT2D eigenvalue weighted by atomic mass is 79.9. The molecule has 0 unspecified atom stereocenters. The van der Waals surface area contributed by atoms with Gasteiger partial charge >= 0.3 is 6.03 Å². The molecular weight excluding hydrogens is 418 g/mol. The second-order valence-corrected chi connectivity index (χ2v) is 7.51. The number of nitrogens with zero attached hydrogens (tertiary/aromatic N) is 3. The minimum absolute atomic E-state index is 0.297. The molecule has 1 saturated heterocycles. The van der Waals surface area contributed by atoms with E-state index in [0.29, 0.717) is 11.4 Å². The zero-order valence-electron chi connectivity index (χ0n) is 15.2. The van der Waals surface area contributed by atoms with Crippen LogP contribution in [-0.2, 0) is 0 Å². The van der Waals surface area contributed by atoms with Crippen molar-refractivity contribution < 1.29 is 4.79 Å². The zero-order valence-corrected chi connectivity index (χ0v) is 16.8. The van der Waals surface area contributed by atoms with Crippen LogP contribution in [0.1, 0.15) is 12.8 Å². The van der Waals surface area contributed by atoms with Crippen LogP contribution in [0.5, 0.6) is 0 Å². The Labute approximate surface area is 172 Å². The number of carbonyl (C=O) groups is 1. The predicted octanol–water partition coefficient (Wildman–Crippen LogP) is 5.15. The van der Waals surface area contributed by atoms with Crippen LogP contribution in [0.25, 0.3) is 11.3 Å². The lowest BCUT2D eigenvalue weighted by molar-refractivity contribution is 0.262. The first-order chi connectivity index (χ1) is 13.7. The molecular formula is C21H20BrN5O. The number of anilines is 3. The molecule has 1 fully saturated rings. The van der Waals surface area contributed by atoms with Crippen molar-refractivity contribution in [2.24, 2.45) is 0 Å². The molecule has 0 aliphatic carbocycles. The van der Waals surface area contributed by atoms with Gasteiger partial charge in [0.25, 0.3) is 0 Å². The molecule has 28 heavy (non-hydrogen) atoms. The summed E-state index contributed by atoms with van der Waals surface area (Å²) in [6, 6.07) is 14.8. The number of benzene rings is 2. The van der Waals surface area contributed by atoms with E-state index in [0.717, 1.165) is 34.6 Å². The van der Waals surface area contributed by atoms with Gasteiger partial charge < -0.3 is 15.5 Å². The van der Waals surface area contributed by atoms with Gasteiger partial charge in [0, 0.05) is 46.9 Å². The second kappa shape index (κ2) is 8.39. The molecule has 1 aromatic heterocycles. The Kier molecular flexibility index (Phi) is 5.53. The van der Waals surface area contributed by atoms with Crippen LogP contribution < -0.4 is 15.5 Å². The average molecular weight is 438 g/mol. The first-order valence-corrected chi connectivity index (χ1v) is 9.98. The summed E-state index contributed by atoms with van der Waals surface area (Å²) < 4.78 is 0.907. The van der Waals surface area contributed by atoms with Crippen molar-refractivity contribution >= 4 is 39.2 Å². The molecule has 0 atom stereocenters. The lowest BCUT2D eigenvalue weighted by Gasteiger charge is -2.19. The van der Waals surface area contributed by atoms with Gasteiger partial charge in [-0.25, -0.2) is 9.78 Å². The summed E-state index contributed by atoms with van der Waals surface area (Å²) in [5.41, 5.74) is 3.17. The third-order valence-corrected chi connectivity index (χ3v) is 5.05. The van der Waals surface area contributed by atoms with Crippen LogP contribution in [0.15, 0.2) is 65.4 Å². The molecule has 0 bridgehead atoms. The fraction of sp³-hybridized carbons (Fsp3) is 0.190. The number of nitrogens with one attached hydrogen (secondary N) is 2. The number of hydrogen-bond acceptors (Lipinski definition) is 4. The summed E-state index contributed by atoms with van der Waals surface area (Å²) in [4.78, 5) is 23.7. The van der Waals surface area contributed by atoms with E-state index in [4.69, 9.17) is 0 Å². The Hall–Kier alpha value is -2.93. The molecule has 3 aromatic rings. The van der Waals surface area contributed by atoms with Crippen LogP contribution in [0.3, 0.4) is 0 Å². The molecule has 142 valence electrons. The fourth-order valence-corrected chi connectivity index (χ4v) is 3.70. The quantitative estimate of drug-likeness (QED) is 0.591. The van der Waals surface area contributed by atoms with Gasteiger partial charge in [-0.2, -0.15) is 0 Å². The lowest BCUT2D eigenvalue weighted by Crippen LogP contribution is -2.20. The van der Waals surface area contributed by atoms with Gasteiger partial charge in [-0.3, -0.25) is 4.98 Å². The van der Waals surface area contributed by atoms with Crippen molar-refractivity contribution in [2.45, 2.75) is 12.8 Å². The van der Waals surface area contributed by atoms with Gasteiger partial charge in [0.1, 0.15) is 5.69 Å². The van der Waals surface area contributed by atoms with E-state index in [1.165, 1.54) is 12.8 Å². The Bertz CT molecular complexity index is 988. The summed E-state index contributed by atoms with van der Waals surface area (Å²) in [5, 5.41) is 5.71. The van der Waals surface area contributed by atoms with Crippen LogP contribution >= 0.6 is 15.9 Å². The molecule has 0 spiro atoms. The summed E-state index contributed by atoms with van der Waals surface area (Å²) in [5.74, 6) is 0.899. The minimum Gasteiger partial charge on any atom is -0.355 e. The van der Waals surface area contributed by atoms with E-state index in [1.807, 2.05) is 48.5 Å². The monoisotopic (exact) mass is 437 g/mol. The van der Waals surface area contributed by atoms with Crippen molar-refractivity contribution in [3.05, 3.63) is 65.4 Å². The smallest absolute Gasteiger partial charge is 0.323 e. The number of hydrogen-bond donors (Lipinski definition) is 2. The molecule has 0 saturated carbocycles. The number of halogens is 1. The van der Waals surface area contributed by atoms with Gasteiger partial charge in [-0.05, 0) is 43.2 Å². The van der Waals surface area contributed by atoms with Gasteiger partial charge in [0.2, 0.25) is 0 Å². The first-order valence-electron chi connectivity index (χ1n) is 9.19. The number of aromatic nitrogens is 2. The summed E-state index contributed by atoms with van der Waals surface area (Å²) >= 11 is 3.40.